The van der Waals surface area contributed by atoms with Crippen molar-refractivity contribution in [3.8, 4) is 21.8 Å². The fraction of sp³-hybridized carbons (Fsp3) is 0. The Morgan fingerprint density at radius 2 is 1.90 bits per heavy atom. The van der Waals surface area contributed by atoms with E-state index in [0.717, 1.165) is 21.8 Å². The van der Waals surface area contributed by atoms with Crippen LogP contribution in [0, 0.1) is 5.82 Å². The topological polar surface area (TPSA) is 38.9 Å². The van der Waals surface area contributed by atoms with Gasteiger partial charge in [0.2, 0.25) is 0 Å². The number of para-hydroxylation sites is 1. The first kappa shape index (κ1) is 13.3. The minimum absolute atomic E-state index is 0.273. The fourth-order valence-corrected chi connectivity index (χ4v) is 3.44. The quantitative estimate of drug-likeness (QED) is 0.664. The number of hydrogen-bond acceptors (Lipinski definition) is 3. The second-order valence-corrected chi connectivity index (χ2v) is 5.96. The Kier molecular flexibility index (Phi) is 3.54. The molecule has 0 atom stereocenters. The number of anilines is 1. The molecule has 3 rings (SSSR count). The molecule has 0 amide bonds. The Labute approximate surface area is 128 Å². The van der Waals surface area contributed by atoms with Crippen LogP contribution in [0.1, 0.15) is 0 Å². The molecule has 2 N–H and O–H groups in total. The average Bonchev–Trinajstić information content (AvgIpc) is 2.88. The summed E-state index contributed by atoms with van der Waals surface area (Å²) in [4.78, 5) is 4.59. The molecule has 0 unspecified atom stereocenters. The van der Waals surface area contributed by atoms with Gasteiger partial charge in [-0.1, -0.05) is 18.2 Å². The van der Waals surface area contributed by atoms with E-state index in [-0.39, 0.29) is 5.82 Å². The number of thiazole rings is 1. The first-order valence-electron chi connectivity index (χ1n) is 5.91. The molecular formula is C15H10BrFN2S. The van der Waals surface area contributed by atoms with Crippen molar-refractivity contribution in [2.75, 3.05) is 5.73 Å². The zero-order chi connectivity index (χ0) is 14.1. The lowest BCUT2D eigenvalue weighted by atomic mass is 10.1. The molecule has 1 aromatic heterocycles. The molecular weight excluding hydrogens is 339 g/mol. The van der Waals surface area contributed by atoms with E-state index in [4.69, 9.17) is 5.73 Å². The van der Waals surface area contributed by atoms with Gasteiger partial charge in [-0.25, -0.2) is 9.37 Å². The average molecular weight is 349 g/mol. The first-order valence-corrected chi connectivity index (χ1v) is 7.58. The highest BCUT2D eigenvalue weighted by atomic mass is 79.9. The van der Waals surface area contributed by atoms with Crippen LogP contribution in [-0.4, -0.2) is 4.98 Å². The Morgan fingerprint density at radius 3 is 2.65 bits per heavy atom. The van der Waals surface area contributed by atoms with Crippen LogP contribution in [0.5, 0.6) is 0 Å². The Hall–Kier alpha value is -1.72. The van der Waals surface area contributed by atoms with Crippen LogP contribution in [0.25, 0.3) is 21.8 Å². The molecule has 0 aliphatic carbocycles. The highest BCUT2D eigenvalue weighted by molar-refractivity contribution is 9.10. The van der Waals surface area contributed by atoms with E-state index >= 15 is 0 Å². The summed E-state index contributed by atoms with van der Waals surface area (Å²) in [5, 5.41) is 2.78. The summed E-state index contributed by atoms with van der Waals surface area (Å²) in [6.45, 7) is 0. The number of nitrogen functional groups attached to an aromatic ring is 1. The van der Waals surface area contributed by atoms with E-state index in [2.05, 4.69) is 20.9 Å². The van der Waals surface area contributed by atoms with Crippen molar-refractivity contribution in [3.63, 3.8) is 0 Å². The summed E-state index contributed by atoms with van der Waals surface area (Å²) in [6.07, 6.45) is 0. The summed E-state index contributed by atoms with van der Waals surface area (Å²) in [5.41, 5.74) is 9.27. The maximum Gasteiger partial charge on any atom is 0.125 e. The summed E-state index contributed by atoms with van der Waals surface area (Å²) >= 11 is 4.87. The van der Waals surface area contributed by atoms with Crippen molar-refractivity contribution in [3.05, 3.63) is 58.1 Å². The van der Waals surface area contributed by atoms with Gasteiger partial charge in [-0.05, 0) is 40.2 Å². The molecule has 0 aliphatic rings. The molecule has 100 valence electrons. The number of aromatic nitrogens is 1. The van der Waals surface area contributed by atoms with Gasteiger partial charge in [0.15, 0.2) is 0 Å². The van der Waals surface area contributed by atoms with Crippen LogP contribution in [0.15, 0.2) is 52.3 Å². The van der Waals surface area contributed by atoms with Crippen molar-refractivity contribution >= 4 is 33.0 Å². The number of hydrogen-bond donors (Lipinski definition) is 1. The van der Waals surface area contributed by atoms with E-state index in [1.807, 2.05) is 29.6 Å². The lowest BCUT2D eigenvalue weighted by Gasteiger charge is -2.02. The third-order valence-electron chi connectivity index (χ3n) is 2.90. The van der Waals surface area contributed by atoms with Gasteiger partial charge in [0, 0.05) is 26.7 Å². The van der Waals surface area contributed by atoms with Gasteiger partial charge < -0.3 is 5.73 Å². The molecule has 0 fully saturated rings. The van der Waals surface area contributed by atoms with Gasteiger partial charge in [0.1, 0.15) is 10.8 Å². The van der Waals surface area contributed by atoms with Gasteiger partial charge >= 0.3 is 0 Å². The lowest BCUT2D eigenvalue weighted by Crippen LogP contribution is -1.89. The maximum atomic E-state index is 13.1. The second kappa shape index (κ2) is 5.34. The second-order valence-electron chi connectivity index (χ2n) is 4.25. The maximum absolute atomic E-state index is 13.1. The number of nitrogens with zero attached hydrogens (tertiary/aromatic N) is 1. The molecule has 0 radical (unpaired) electrons. The Balaban J connectivity index is 2.04. The van der Waals surface area contributed by atoms with E-state index in [9.17, 15) is 4.39 Å². The lowest BCUT2D eigenvalue weighted by molar-refractivity contribution is 0.627. The van der Waals surface area contributed by atoms with Crippen molar-refractivity contribution < 1.29 is 4.39 Å². The van der Waals surface area contributed by atoms with Crippen LogP contribution in [0.4, 0.5) is 10.1 Å². The SMILES string of the molecule is Nc1ccccc1-c1csc(-c2ccc(F)cc2Br)n1. The predicted molar refractivity (Wildman–Crippen MR) is 85.1 cm³/mol. The molecule has 0 saturated carbocycles. The molecule has 20 heavy (non-hydrogen) atoms. The summed E-state index contributed by atoms with van der Waals surface area (Å²) in [5.74, 6) is -0.273. The van der Waals surface area contributed by atoms with Crippen LogP contribution in [-0.2, 0) is 0 Å². The van der Waals surface area contributed by atoms with Crippen LogP contribution in [0.3, 0.4) is 0 Å². The summed E-state index contributed by atoms with van der Waals surface area (Å²) in [6, 6.07) is 12.2. The van der Waals surface area contributed by atoms with E-state index in [1.165, 1.54) is 23.5 Å². The third-order valence-corrected chi connectivity index (χ3v) is 4.43. The number of nitrogens with two attached hydrogens (primary N) is 1. The normalized spacial score (nSPS) is 10.7. The Morgan fingerprint density at radius 1 is 1.10 bits per heavy atom. The molecule has 1 heterocycles. The van der Waals surface area contributed by atoms with Crippen molar-refractivity contribution in [1.82, 2.24) is 4.98 Å². The molecule has 2 nitrogen and oxygen atoms in total. The largest absolute Gasteiger partial charge is 0.398 e. The minimum atomic E-state index is -0.273. The molecule has 5 heteroatoms. The standard InChI is InChI=1S/C15H10BrFN2S/c16-12-7-9(17)5-6-10(12)15-19-14(8-20-15)11-3-1-2-4-13(11)18/h1-8H,18H2. The highest BCUT2D eigenvalue weighted by Gasteiger charge is 2.11. The highest BCUT2D eigenvalue weighted by Crippen LogP contribution is 2.35. The first-order chi connectivity index (χ1) is 9.65. The van der Waals surface area contributed by atoms with Gasteiger partial charge in [-0.2, -0.15) is 0 Å². The van der Waals surface area contributed by atoms with Crippen molar-refractivity contribution in [2.45, 2.75) is 0 Å². The smallest absolute Gasteiger partial charge is 0.125 e. The molecule has 0 spiro atoms. The zero-order valence-electron chi connectivity index (χ0n) is 10.3. The Bertz CT molecular complexity index is 770. The summed E-state index contributed by atoms with van der Waals surface area (Å²) < 4.78 is 13.8. The van der Waals surface area contributed by atoms with E-state index in [1.54, 1.807) is 6.07 Å². The van der Waals surface area contributed by atoms with Crippen molar-refractivity contribution in [2.24, 2.45) is 0 Å². The van der Waals surface area contributed by atoms with E-state index in [0.29, 0.717) is 10.2 Å². The van der Waals surface area contributed by atoms with Gasteiger partial charge in [-0.15, -0.1) is 11.3 Å². The monoisotopic (exact) mass is 348 g/mol. The number of benzene rings is 2. The third kappa shape index (κ3) is 2.46. The molecule has 0 aliphatic heterocycles. The predicted octanol–water partition coefficient (Wildman–Crippen LogP) is 4.96. The molecule has 2 aromatic carbocycles. The van der Waals surface area contributed by atoms with Gasteiger partial charge in [0.05, 0.1) is 5.69 Å². The zero-order valence-corrected chi connectivity index (χ0v) is 12.7. The minimum Gasteiger partial charge on any atom is -0.398 e. The molecule has 0 saturated heterocycles. The number of halogens is 2. The number of rotatable bonds is 2. The van der Waals surface area contributed by atoms with Gasteiger partial charge in [0.25, 0.3) is 0 Å². The van der Waals surface area contributed by atoms with Gasteiger partial charge in [-0.3, -0.25) is 0 Å². The van der Waals surface area contributed by atoms with Crippen LogP contribution >= 0.6 is 27.3 Å². The van der Waals surface area contributed by atoms with Crippen LogP contribution < -0.4 is 5.73 Å². The fourth-order valence-electron chi connectivity index (χ4n) is 1.91. The molecule has 3 aromatic rings. The van der Waals surface area contributed by atoms with E-state index < -0.39 is 0 Å². The molecule has 0 bridgehead atoms. The summed E-state index contributed by atoms with van der Waals surface area (Å²) in [7, 11) is 0. The van der Waals surface area contributed by atoms with Crippen molar-refractivity contribution in [1.29, 1.82) is 0 Å². The van der Waals surface area contributed by atoms with Crippen LogP contribution in [0.2, 0.25) is 0 Å².